The van der Waals surface area contributed by atoms with Crippen LogP contribution in [0.3, 0.4) is 0 Å². The molecule has 0 bridgehead atoms. The van der Waals surface area contributed by atoms with Crippen molar-refractivity contribution in [2.75, 3.05) is 5.32 Å². The molecule has 0 spiro atoms. The molecule has 0 atom stereocenters. The first-order chi connectivity index (χ1) is 13.9. The molecular weight excluding hydrogens is 452 g/mol. The average Bonchev–Trinajstić information content (AvgIpc) is 2.99. The van der Waals surface area contributed by atoms with E-state index in [9.17, 15) is 4.79 Å². The van der Waals surface area contributed by atoms with Crippen molar-refractivity contribution in [1.82, 2.24) is 14.5 Å². The van der Waals surface area contributed by atoms with Gasteiger partial charge in [0.25, 0.3) is 5.91 Å². The molecule has 4 aromatic rings. The van der Waals surface area contributed by atoms with Crippen LogP contribution in [-0.2, 0) is 6.54 Å². The first-order valence-corrected chi connectivity index (χ1v) is 10.2. The summed E-state index contributed by atoms with van der Waals surface area (Å²) in [4.78, 5) is 21.9. The summed E-state index contributed by atoms with van der Waals surface area (Å²) in [5.74, 6) is 0.660. The number of aromatic nitrogens is 3. The highest BCUT2D eigenvalue weighted by molar-refractivity contribution is 9.10. The molecule has 0 aliphatic carbocycles. The minimum atomic E-state index is -0.211. The van der Waals surface area contributed by atoms with Gasteiger partial charge in [0.2, 0.25) is 0 Å². The predicted octanol–water partition coefficient (Wildman–Crippen LogP) is 5.76. The fourth-order valence-electron chi connectivity index (χ4n) is 3.13. The fraction of sp³-hybridized carbons (Fsp3) is 0.136. The highest BCUT2D eigenvalue weighted by Gasteiger charge is 2.14. The third kappa shape index (κ3) is 4.18. The molecule has 2 aromatic carbocycles. The first kappa shape index (κ1) is 19.6. The maximum Gasteiger partial charge on any atom is 0.255 e. The minimum Gasteiger partial charge on any atom is -0.320 e. The Morgan fingerprint density at radius 3 is 2.45 bits per heavy atom. The van der Waals surface area contributed by atoms with E-state index in [4.69, 9.17) is 16.6 Å². The van der Waals surface area contributed by atoms with Crippen LogP contribution in [-0.4, -0.2) is 20.4 Å². The molecule has 7 heteroatoms. The number of hydrogen-bond donors (Lipinski definition) is 1. The summed E-state index contributed by atoms with van der Waals surface area (Å²) in [6, 6.07) is 16.8. The topological polar surface area (TPSA) is 59.8 Å². The second-order valence-electron chi connectivity index (χ2n) is 6.80. The number of fused-ring (bicyclic) bond motifs is 1. The molecule has 2 aromatic heterocycles. The summed E-state index contributed by atoms with van der Waals surface area (Å²) in [6.07, 6.45) is 0. The summed E-state index contributed by atoms with van der Waals surface area (Å²) in [5, 5.41) is 3.51. The summed E-state index contributed by atoms with van der Waals surface area (Å²) < 4.78 is 3.12. The lowest BCUT2D eigenvalue weighted by Gasteiger charge is -2.10. The van der Waals surface area contributed by atoms with Gasteiger partial charge in [0.1, 0.15) is 11.3 Å². The van der Waals surface area contributed by atoms with E-state index < -0.39 is 0 Å². The third-order valence-electron chi connectivity index (χ3n) is 4.71. The fourth-order valence-corrected chi connectivity index (χ4v) is 3.53. The molecule has 0 radical (unpaired) electrons. The van der Waals surface area contributed by atoms with E-state index in [0.717, 1.165) is 32.7 Å². The summed E-state index contributed by atoms with van der Waals surface area (Å²) in [7, 11) is 0. The zero-order valence-electron chi connectivity index (χ0n) is 15.9. The smallest absolute Gasteiger partial charge is 0.255 e. The number of nitrogens with one attached hydrogen (secondary N) is 1. The largest absolute Gasteiger partial charge is 0.320 e. The van der Waals surface area contributed by atoms with Crippen LogP contribution < -0.4 is 5.32 Å². The van der Waals surface area contributed by atoms with Gasteiger partial charge in [0, 0.05) is 15.1 Å². The number of rotatable bonds is 4. The van der Waals surface area contributed by atoms with Crippen molar-refractivity contribution in [3.8, 4) is 0 Å². The van der Waals surface area contributed by atoms with Gasteiger partial charge in [-0.25, -0.2) is 9.97 Å². The molecule has 29 heavy (non-hydrogen) atoms. The number of hydrogen-bond acceptors (Lipinski definition) is 3. The lowest BCUT2D eigenvalue weighted by molar-refractivity contribution is 0.102. The van der Waals surface area contributed by atoms with Gasteiger partial charge in [-0.15, -0.1) is 0 Å². The van der Waals surface area contributed by atoms with Gasteiger partial charge in [0.05, 0.1) is 17.9 Å². The molecule has 5 nitrogen and oxygen atoms in total. The van der Waals surface area contributed by atoms with Crippen LogP contribution in [0.5, 0.6) is 0 Å². The normalized spacial score (nSPS) is 11.0. The summed E-state index contributed by atoms with van der Waals surface area (Å²) in [5.41, 5.74) is 4.62. The molecule has 0 fully saturated rings. The SMILES string of the molecule is Cc1nc2c(cc1NC(=O)c1ccc(Cl)cc1)nc(C)n2Cc1ccc(Br)cc1. The van der Waals surface area contributed by atoms with Crippen molar-refractivity contribution < 1.29 is 4.79 Å². The highest BCUT2D eigenvalue weighted by atomic mass is 79.9. The number of amides is 1. The van der Waals surface area contributed by atoms with E-state index in [1.165, 1.54) is 0 Å². The Hall–Kier alpha value is -2.70. The van der Waals surface area contributed by atoms with Crippen molar-refractivity contribution in [2.45, 2.75) is 20.4 Å². The van der Waals surface area contributed by atoms with Crippen LogP contribution in [0.4, 0.5) is 5.69 Å². The number of aryl methyl sites for hydroxylation is 2. The monoisotopic (exact) mass is 468 g/mol. The number of halogens is 2. The maximum atomic E-state index is 12.5. The molecule has 1 N–H and O–H groups in total. The number of pyridine rings is 1. The van der Waals surface area contributed by atoms with E-state index in [-0.39, 0.29) is 5.91 Å². The van der Waals surface area contributed by atoms with Gasteiger partial charge >= 0.3 is 0 Å². The number of anilines is 1. The van der Waals surface area contributed by atoms with Gasteiger partial charge in [-0.1, -0.05) is 39.7 Å². The summed E-state index contributed by atoms with van der Waals surface area (Å²) >= 11 is 9.36. The first-order valence-electron chi connectivity index (χ1n) is 9.06. The molecular formula is C22H18BrClN4O. The molecule has 0 aliphatic rings. The highest BCUT2D eigenvalue weighted by Crippen LogP contribution is 2.23. The number of nitrogens with zero attached hydrogens (tertiary/aromatic N) is 3. The zero-order valence-corrected chi connectivity index (χ0v) is 18.3. The van der Waals surface area contributed by atoms with E-state index in [0.29, 0.717) is 22.8 Å². The Balaban J connectivity index is 1.64. The Bertz CT molecular complexity index is 1200. The molecule has 4 rings (SSSR count). The van der Waals surface area contributed by atoms with Crippen LogP contribution >= 0.6 is 27.5 Å². The van der Waals surface area contributed by atoms with E-state index in [2.05, 4.69) is 42.9 Å². The average molecular weight is 470 g/mol. The maximum absolute atomic E-state index is 12.5. The van der Waals surface area contributed by atoms with Gasteiger partial charge < -0.3 is 9.88 Å². The molecule has 0 aliphatic heterocycles. The third-order valence-corrected chi connectivity index (χ3v) is 5.49. The molecule has 146 valence electrons. The zero-order chi connectivity index (χ0) is 20.5. The van der Waals surface area contributed by atoms with Gasteiger partial charge in [-0.05, 0) is 61.9 Å². The second-order valence-corrected chi connectivity index (χ2v) is 8.15. The van der Waals surface area contributed by atoms with E-state index in [1.807, 2.05) is 32.0 Å². The number of carbonyl (C=O) groups excluding carboxylic acids is 1. The second kappa shape index (κ2) is 7.97. The van der Waals surface area contributed by atoms with Crippen molar-refractivity contribution in [1.29, 1.82) is 0 Å². The standard InChI is InChI=1S/C22H18BrClN4O/c1-13-19(27-22(29)16-5-9-18(24)10-6-16)11-20-21(25-13)28(14(2)26-20)12-15-3-7-17(23)8-4-15/h3-11H,12H2,1-2H3,(H,27,29). The lowest BCUT2D eigenvalue weighted by atomic mass is 10.2. The van der Waals surface area contributed by atoms with Crippen molar-refractivity contribution >= 4 is 50.3 Å². The van der Waals surface area contributed by atoms with Crippen LogP contribution in [0.1, 0.15) is 27.4 Å². The van der Waals surface area contributed by atoms with Crippen molar-refractivity contribution in [3.63, 3.8) is 0 Å². The molecule has 1 amide bonds. The Morgan fingerprint density at radius 1 is 1.07 bits per heavy atom. The Labute approximate surface area is 181 Å². The Morgan fingerprint density at radius 2 is 1.76 bits per heavy atom. The van der Waals surface area contributed by atoms with Crippen molar-refractivity contribution in [2.24, 2.45) is 0 Å². The van der Waals surface area contributed by atoms with Gasteiger partial charge in [0.15, 0.2) is 5.65 Å². The van der Waals surface area contributed by atoms with Gasteiger partial charge in [-0.3, -0.25) is 4.79 Å². The lowest BCUT2D eigenvalue weighted by Crippen LogP contribution is -2.13. The molecule has 0 unspecified atom stereocenters. The number of benzene rings is 2. The number of imidazole rings is 1. The Kier molecular flexibility index (Phi) is 5.39. The minimum absolute atomic E-state index is 0.211. The van der Waals surface area contributed by atoms with Crippen molar-refractivity contribution in [3.05, 3.63) is 86.7 Å². The molecule has 2 heterocycles. The van der Waals surface area contributed by atoms with E-state index >= 15 is 0 Å². The van der Waals surface area contributed by atoms with Crippen LogP contribution in [0.15, 0.2) is 59.1 Å². The quantitative estimate of drug-likeness (QED) is 0.413. The van der Waals surface area contributed by atoms with Gasteiger partial charge in [-0.2, -0.15) is 0 Å². The molecule has 0 saturated heterocycles. The number of carbonyl (C=O) groups is 1. The summed E-state index contributed by atoms with van der Waals surface area (Å²) in [6.45, 7) is 4.52. The van der Waals surface area contributed by atoms with Crippen LogP contribution in [0, 0.1) is 13.8 Å². The van der Waals surface area contributed by atoms with E-state index in [1.54, 1.807) is 24.3 Å². The molecule has 0 saturated carbocycles. The predicted molar refractivity (Wildman–Crippen MR) is 120 cm³/mol. The van der Waals surface area contributed by atoms with Crippen LogP contribution in [0.25, 0.3) is 11.2 Å². The van der Waals surface area contributed by atoms with Crippen LogP contribution in [0.2, 0.25) is 5.02 Å².